The van der Waals surface area contributed by atoms with E-state index in [-0.39, 0.29) is 11.9 Å². The Labute approximate surface area is 159 Å². The van der Waals surface area contributed by atoms with Gasteiger partial charge in [0.25, 0.3) is 5.91 Å². The second kappa shape index (κ2) is 7.50. The Morgan fingerprint density at radius 2 is 1.52 bits per heavy atom. The van der Waals surface area contributed by atoms with Crippen molar-refractivity contribution in [2.45, 2.75) is 19.5 Å². The van der Waals surface area contributed by atoms with E-state index >= 15 is 0 Å². The fourth-order valence-corrected chi connectivity index (χ4v) is 3.43. The monoisotopic (exact) mass is 354 g/mol. The molecule has 3 aromatic carbocycles. The molecule has 0 bridgehead atoms. The number of benzene rings is 3. The van der Waals surface area contributed by atoms with Crippen molar-refractivity contribution in [3.8, 4) is 0 Å². The zero-order valence-corrected chi connectivity index (χ0v) is 15.3. The maximum atomic E-state index is 13.1. The van der Waals surface area contributed by atoms with Crippen molar-refractivity contribution in [3.63, 3.8) is 0 Å². The Morgan fingerprint density at radius 3 is 2.26 bits per heavy atom. The van der Waals surface area contributed by atoms with Crippen LogP contribution in [0.25, 0.3) is 10.9 Å². The molecule has 0 aliphatic carbocycles. The van der Waals surface area contributed by atoms with Crippen LogP contribution in [0.15, 0.2) is 91.0 Å². The van der Waals surface area contributed by atoms with Crippen LogP contribution in [0.5, 0.6) is 0 Å². The summed E-state index contributed by atoms with van der Waals surface area (Å²) in [6.07, 6.45) is 0. The number of aromatic nitrogens is 1. The van der Waals surface area contributed by atoms with Gasteiger partial charge in [-0.05, 0) is 30.2 Å². The van der Waals surface area contributed by atoms with Gasteiger partial charge in [0.1, 0.15) is 5.69 Å². The van der Waals surface area contributed by atoms with Gasteiger partial charge in [0.2, 0.25) is 0 Å². The van der Waals surface area contributed by atoms with Gasteiger partial charge >= 0.3 is 0 Å². The van der Waals surface area contributed by atoms with Crippen LogP contribution >= 0.6 is 0 Å². The van der Waals surface area contributed by atoms with Crippen LogP contribution in [0.2, 0.25) is 0 Å². The van der Waals surface area contributed by atoms with Crippen molar-refractivity contribution in [2.75, 3.05) is 0 Å². The molecule has 1 aromatic heterocycles. The lowest BCUT2D eigenvalue weighted by Gasteiger charge is -2.16. The van der Waals surface area contributed by atoms with Gasteiger partial charge in [-0.15, -0.1) is 0 Å². The molecule has 0 radical (unpaired) electrons. The van der Waals surface area contributed by atoms with Crippen molar-refractivity contribution < 1.29 is 4.79 Å². The Bertz CT molecular complexity index is 1050. The van der Waals surface area contributed by atoms with E-state index in [4.69, 9.17) is 0 Å². The molecular weight excluding hydrogens is 332 g/mol. The molecule has 0 saturated carbocycles. The van der Waals surface area contributed by atoms with E-state index in [2.05, 4.69) is 28.1 Å². The van der Waals surface area contributed by atoms with Gasteiger partial charge < -0.3 is 9.88 Å². The lowest BCUT2D eigenvalue weighted by Crippen LogP contribution is -2.28. The number of para-hydroxylation sites is 1. The minimum Gasteiger partial charge on any atom is -0.344 e. The number of rotatable bonds is 5. The largest absolute Gasteiger partial charge is 0.344 e. The third-order valence-electron chi connectivity index (χ3n) is 4.87. The number of hydrogen-bond acceptors (Lipinski definition) is 1. The molecule has 1 amide bonds. The maximum Gasteiger partial charge on any atom is 0.268 e. The first-order valence-electron chi connectivity index (χ1n) is 9.20. The average Bonchev–Trinajstić information content (AvgIpc) is 3.08. The molecule has 0 unspecified atom stereocenters. The minimum atomic E-state index is -0.0570. The number of carbonyl (C=O) groups is 1. The average molecular weight is 354 g/mol. The van der Waals surface area contributed by atoms with Crippen LogP contribution in [0.3, 0.4) is 0 Å². The van der Waals surface area contributed by atoms with E-state index in [1.807, 2.05) is 79.7 Å². The predicted octanol–water partition coefficient (Wildman–Crippen LogP) is 5.18. The van der Waals surface area contributed by atoms with Crippen LogP contribution in [0.4, 0.5) is 0 Å². The third-order valence-corrected chi connectivity index (χ3v) is 4.87. The van der Waals surface area contributed by atoms with Gasteiger partial charge in [-0.3, -0.25) is 4.79 Å². The molecule has 0 aliphatic rings. The van der Waals surface area contributed by atoms with Crippen LogP contribution < -0.4 is 5.32 Å². The summed E-state index contributed by atoms with van der Waals surface area (Å²) in [7, 11) is 0. The highest BCUT2D eigenvalue weighted by Crippen LogP contribution is 2.22. The number of fused-ring (bicyclic) bond motifs is 1. The molecular formula is C24H22N2O. The summed E-state index contributed by atoms with van der Waals surface area (Å²) < 4.78 is 2.09. The molecule has 0 fully saturated rings. The minimum absolute atomic E-state index is 0.0538. The van der Waals surface area contributed by atoms with E-state index in [1.165, 1.54) is 5.56 Å². The van der Waals surface area contributed by atoms with Crippen molar-refractivity contribution in [2.24, 2.45) is 0 Å². The molecule has 4 rings (SSSR count). The van der Waals surface area contributed by atoms with Crippen molar-refractivity contribution in [3.05, 3.63) is 108 Å². The number of nitrogens with one attached hydrogen (secondary N) is 1. The Kier molecular flexibility index (Phi) is 4.75. The number of carbonyl (C=O) groups excluding carboxylic acids is 1. The van der Waals surface area contributed by atoms with Crippen LogP contribution in [0.1, 0.15) is 34.6 Å². The number of hydrogen-bond donors (Lipinski definition) is 1. The molecule has 1 N–H and O–H groups in total. The van der Waals surface area contributed by atoms with Crippen LogP contribution in [0, 0.1) is 0 Å². The predicted molar refractivity (Wildman–Crippen MR) is 110 cm³/mol. The molecule has 1 atom stereocenters. The first-order chi connectivity index (χ1) is 13.2. The maximum absolute atomic E-state index is 13.1. The first-order valence-corrected chi connectivity index (χ1v) is 9.20. The Morgan fingerprint density at radius 1 is 0.889 bits per heavy atom. The second-order valence-electron chi connectivity index (χ2n) is 6.77. The standard InChI is InChI=1S/C24H22N2O/c1-18(20-12-6-3-7-13-20)25-24(27)23-16-21-14-8-9-15-22(21)26(23)17-19-10-4-2-5-11-19/h2-16,18H,17H2,1H3,(H,25,27)/t18-/m1/s1. The molecule has 4 aromatic rings. The third kappa shape index (κ3) is 3.63. The first kappa shape index (κ1) is 17.1. The zero-order valence-electron chi connectivity index (χ0n) is 15.3. The SMILES string of the molecule is C[C@@H](NC(=O)c1cc2ccccc2n1Cc1ccccc1)c1ccccc1. The molecule has 3 nitrogen and oxygen atoms in total. The highest BCUT2D eigenvalue weighted by atomic mass is 16.2. The summed E-state index contributed by atoms with van der Waals surface area (Å²) in [6.45, 7) is 2.67. The Balaban J connectivity index is 1.68. The summed E-state index contributed by atoms with van der Waals surface area (Å²) in [6, 6.07) is 30.3. The Hall–Kier alpha value is -3.33. The number of nitrogens with zero attached hydrogens (tertiary/aromatic N) is 1. The summed E-state index contributed by atoms with van der Waals surface area (Å²) in [5.74, 6) is -0.0570. The zero-order chi connectivity index (χ0) is 18.6. The van der Waals surface area contributed by atoms with E-state index in [1.54, 1.807) is 0 Å². The van der Waals surface area contributed by atoms with Crippen LogP contribution in [-0.2, 0) is 6.54 Å². The van der Waals surface area contributed by atoms with Gasteiger partial charge in [-0.1, -0.05) is 78.9 Å². The van der Waals surface area contributed by atoms with Crippen LogP contribution in [-0.4, -0.2) is 10.5 Å². The highest BCUT2D eigenvalue weighted by Gasteiger charge is 2.18. The molecule has 0 saturated heterocycles. The van der Waals surface area contributed by atoms with E-state index in [0.29, 0.717) is 12.2 Å². The topological polar surface area (TPSA) is 34.0 Å². The normalized spacial score (nSPS) is 12.0. The van der Waals surface area contributed by atoms with E-state index < -0.39 is 0 Å². The van der Waals surface area contributed by atoms with Gasteiger partial charge in [0.15, 0.2) is 0 Å². The molecule has 0 aliphatic heterocycles. The quantitative estimate of drug-likeness (QED) is 0.526. The van der Waals surface area contributed by atoms with Crippen molar-refractivity contribution in [1.82, 2.24) is 9.88 Å². The highest BCUT2D eigenvalue weighted by molar-refractivity contribution is 5.99. The second-order valence-corrected chi connectivity index (χ2v) is 6.77. The molecule has 1 heterocycles. The summed E-state index contributed by atoms with van der Waals surface area (Å²) in [5.41, 5.74) is 4.02. The fraction of sp³-hybridized carbons (Fsp3) is 0.125. The lowest BCUT2D eigenvalue weighted by atomic mass is 10.1. The van der Waals surface area contributed by atoms with Gasteiger partial charge in [-0.2, -0.15) is 0 Å². The smallest absolute Gasteiger partial charge is 0.268 e. The van der Waals surface area contributed by atoms with Crippen molar-refractivity contribution >= 4 is 16.8 Å². The summed E-state index contributed by atoms with van der Waals surface area (Å²) >= 11 is 0. The molecule has 3 heteroatoms. The molecule has 0 spiro atoms. The summed E-state index contributed by atoms with van der Waals surface area (Å²) in [5, 5.41) is 4.21. The fourth-order valence-electron chi connectivity index (χ4n) is 3.43. The molecule has 134 valence electrons. The van der Waals surface area contributed by atoms with Gasteiger partial charge in [-0.25, -0.2) is 0 Å². The molecule has 27 heavy (non-hydrogen) atoms. The van der Waals surface area contributed by atoms with Gasteiger partial charge in [0, 0.05) is 17.4 Å². The lowest BCUT2D eigenvalue weighted by molar-refractivity contribution is 0.0931. The van der Waals surface area contributed by atoms with E-state index in [0.717, 1.165) is 16.5 Å². The van der Waals surface area contributed by atoms with Crippen molar-refractivity contribution in [1.29, 1.82) is 0 Å². The van der Waals surface area contributed by atoms with Gasteiger partial charge in [0.05, 0.1) is 6.04 Å². The number of amides is 1. The summed E-state index contributed by atoms with van der Waals surface area (Å²) in [4.78, 5) is 13.1. The van der Waals surface area contributed by atoms with E-state index in [9.17, 15) is 4.79 Å².